The first kappa shape index (κ1) is 18.7. The Kier molecular flexibility index (Phi) is 5.61. The number of halogens is 1. The Morgan fingerprint density at radius 2 is 2.00 bits per heavy atom. The monoisotopic (exact) mass is 387 g/mol. The van der Waals surface area contributed by atoms with Crippen molar-refractivity contribution in [1.29, 1.82) is 0 Å². The second-order valence-electron chi connectivity index (χ2n) is 5.75. The quantitative estimate of drug-likeness (QED) is 0.642. The largest absolute Gasteiger partial charge is 0.497 e. The number of hydrogen-bond acceptors (Lipinski definition) is 6. The number of nitrogens with zero attached hydrogens (tertiary/aromatic N) is 3. The van der Waals surface area contributed by atoms with E-state index in [0.29, 0.717) is 39.4 Å². The van der Waals surface area contributed by atoms with Crippen molar-refractivity contribution in [3.8, 4) is 22.9 Å². The van der Waals surface area contributed by atoms with Gasteiger partial charge in [-0.15, -0.1) is 0 Å². The molecule has 0 fully saturated rings. The summed E-state index contributed by atoms with van der Waals surface area (Å²) in [4.78, 5) is 18.3. The first-order valence-corrected chi connectivity index (χ1v) is 8.45. The average Bonchev–Trinajstić information content (AvgIpc) is 3.14. The van der Waals surface area contributed by atoms with Crippen molar-refractivity contribution in [3.05, 3.63) is 58.9 Å². The zero-order valence-electron chi connectivity index (χ0n) is 15.1. The molecule has 1 heterocycles. The molecule has 0 radical (unpaired) electrons. The minimum absolute atomic E-state index is 0.164. The van der Waals surface area contributed by atoms with Gasteiger partial charge in [0.1, 0.15) is 11.5 Å². The highest BCUT2D eigenvalue weighted by Crippen LogP contribution is 2.31. The van der Waals surface area contributed by atoms with Gasteiger partial charge in [-0.25, -0.2) is 0 Å². The van der Waals surface area contributed by atoms with Gasteiger partial charge in [-0.05, 0) is 30.3 Å². The number of benzene rings is 2. The molecule has 0 saturated carbocycles. The molecule has 27 heavy (non-hydrogen) atoms. The maximum Gasteiger partial charge on any atom is 0.254 e. The van der Waals surface area contributed by atoms with Gasteiger partial charge in [0, 0.05) is 23.7 Å². The van der Waals surface area contributed by atoms with Crippen molar-refractivity contribution in [3.63, 3.8) is 0 Å². The maximum absolute atomic E-state index is 12.5. The molecule has 0 atom stereocenters. The molecule has 0 aliphatic rings. The van der Waals surface area contributed by atoms with Crippen LogP contribution in [0, 0.1) is 0 Å². The Labute approximate surface area is 161 Å². The Balaban J connectivity index is 1.77. The van der Waals surface area contributed by atoms with Gasteiger partial charge in [0.25, 0.3) is 5.91 Å². The number of carbonyl (C=O) groups excluding carboxylic acids is 1. The highest BCUT2D eigenvalue weighted by atomic mass is 35.5. The molecule has 0 aliphatic heterocycles. The van der Waals surface area contributed by atoms with E-state index in [2.05, 4.69) is 10.1 Å². The molecule has 3 aromatic rings. The third-order valence-electron chi connectivity index (χ3n) is 3.91. The predicted octanol–water partition coefficient (Wildman–Crippen LogP) is 3.68. The Bertz CT molecular complexity index is 958. The highest BCUT2D eigenvalue weighted by Gasteiger charge is 2.18. The zero-order chi connectivity index (χ0) is 19.4. The zero-order valence-corrected chi connectivity index (χ0v) is 15.9. The second kappa shape index (κ2) is 8.09. The number of hydrogen-bond donors (Lipinski definition) is 0. The van der Waals surface area contributed by atoms with Crippen LogP contribution in [0.25, 0.3) is 11.4 Å². The molecule has 7 nitrogen and oxygen atoms in total. The SMILES string of the molecule is COc1ccc(-c2noc(CN(C)C(=O)c3cccc(Cl)c3)n2)c(OC)c1. The number of amides is 1. The third-order valence-corrected chi connectivity index (χ3v) is 4.14. The number of ether oxygens (including phenoxy) is 2. The summed E-state index contributed by atoms with van der Waals surface area (Å²) in [5.74, 6) is 1.70. The molecule has 0 saturated heterocycles. The minimum atomic E-state index is -0.195. The van der Waals surface area contributed by atoms with E-state index in [1.807, 2.05) is 0 Å². The van der Waals surface area contributed by atoms with E-state index in [1.54, 1.807) is 63.7 Å². The van der Waals surface area contributed by atoms with Crippen molar-refractivity contribution in [1.82, 2.24) is 15.0 Å². The Hall–Kier alpha value is -3.06. The van der Waals surface area contributed by atoms with E-state index in [1.165, 1.54) is 4.90 Å². The van der Waals surface area contributed by atoms with E-state index in [-0.39, 0.29) is 12.5 Å². The molecule has 140 valence electrons. The fourth-order valence-corrected chi connectivity index (χ4v) is 2.72. The van der Waals surface area contributed by atoms with Crippen molar-refractivity contribution in [2.45, 2.75) is 6.54 Å². The molecule has 8 heteroatoms. The van der Waals surface area contributed by atoms with Crippen molar-refractivity contribution in [2.24, 2.45) is 0 Å². The predicted molar refractivity (Wildman–Crippen MR) is 100 cm³/mol. The minimum Gasteiger partial charge on any atom is -0.497 e. The lowest BCUT2D eigenvalue weighted by molar-refractivity contribution is 0.0769. The average molecular weight is 388 g/mol. The van der Waals surface area contributed by atoms with Crippen LogP contribution in [0.3, 0.4) is 0 Å². The van der Waals surface area contributed by atoms with E-state index in [9.17, 15) is 4.79 Å². The van der Waals surface area contributed by atoms with Crippen LogP contribution in [0.4, 0.5) is 0 Å². The van der Waals surface area contributed by atoms with Gasteiger partial charge >= 0.3 is 0 Å². The summed E-state index contributed by atoms with van der Waals surface area (Å²) in [6, 6.07) is 12.1. The van der Waals surface area contributed by atoms with E-state index in [4.69, 9.17) is 25.6 Å². The van der Waals surface area contributed by atoms with Crippen LogP contribution < -0.4 is 9.47 Å². The van der Waals surface area contributed by atoms with Crippen LogP contribution >= 0.6 is 11.6 Å². The fraction of sp³-hybridized carbons (Fsp3) is 0.211. The van der Waals surface area contributed by atoms with Crippen molar-refractivity contribution >= 4 is 17.5 Å². The van der Waals surface area contributed by atoms with Gasteiger partial charge in [0.05, 0.1) is 26.3 Å². The molecule has 0 bridgehead atoms. The van der Waals surface area contributed by atoms with Gasteiger partial charge in [-0.3, -0.25) is 4.79 Å². The summed E-state index contributed by atoms with van der Waals surface area (Å²) < 4.78 is 15.8. The standard InChI is InChI=1S/C19H18ClN3O4/c1-23(19(24)12-5-4-6-13(20)9-12)11-17-21-18(22-27-17)15-8-7-14(25-2)10-16(15)26-3/h4-10H,11H2,1-3H3. The summed E-state index contributed by atoms with van der Waals surface area (Å²) in [5, 5.41) is 4.48. The number of methoxy groups -OCH3 is 2. The maximum atomic E-state index is 12.5. The lowest BCUT2D eigenvalue weighted by atomic mass is 10.2. The molecule has 1 amide bonds. The first-order valence-electron chi connectivity index (χ1n) is 8.08. The van der Waals surface area contributed by atoms with Gasteiger partial charge in [0.15, 0.2) is 0 Å². The van der Waals surface area contributed by atoms with E-state index >= 15 is 0 Å². The lowest BCUT2D eigenvalue weighted by Crippen LogP contribution is -2.26. The molecule has 0 spiro atoms. The van der Waals surface area contributed by atoms with Gasteiger partial charge < -0.3 is 18.9 Å². The molecule has 1 aromatic heterocycles. The molecule has 0 N–H and O–H groups in total. The molecule has 2 aromatic carbocycles. The van der Waals surface area contributed by atoms with E-state index < -0.39 is 0 Å². The lowest BCUT2D eigenvalue weighted by Gasteiger charge is -2.14. The highest BCUT2D eigenvalue weighted by molar-refractivity contribution is 6.30. The summed E-state index contributed by atoms with van der Waals surface area (Å²) >= 11 is 5.94. The summed E-state index contributed by atoms with van der Waals surface area (Å²) in [6.45, 7) is 0.164. The van der Waals surface area contributed by atoms with Gasteiger partial charge in [-0.1, -0.05) is 22.8 Å². The molecular formula is C19H18ClN3O4. The number of carbonyl (C=O) groups is 1. The van der Waals surface area contributed by atoms with Gasteiger partial charge in [0.2, 0.25) is 11.7 Å². The van der Waals surface area contributed by atoms with Crippen LogP contribution in [0.15, 0.2) is 47.0 Å². The third kappa shape index (κ3) is 4.20. The van der Waals surface area contributed by atoms with Crippen LogP contribution in [0.5, 0.6) is 11.5 Å². The molecular weight excluding hydrogens is 370 g/mol. The summed E-state index contributed by atoms with van der Waals surface area (Å²) in [5.41, 5.74) is 1.15. The number of rotatable bonds is 6. The van der Waals surface area contributed by atoms with Crippen LogP contribution in [0.1, 0.15) is 16.2 Å². The smallest absolute Gasteiger partial charge is 0.254 e. The van der Waals surface area contributed by atoms with Crippen LogP contribution in [-0.4, -0.2) is 42.2 Å². The molecule has 0 unspecified atom stereocenters. The first-order chi connectivity index (χ1) is 13.0. The van der Waals surface area contributed by atoms with Crippen LogP contribution in [0.2, 0.25) is 5.02 Å². The van der Waals surface area contributed by atoms with Crippen molar-refractivity contribution < 1.29 is 18.8 Å². The Morgan fingerprint density at radius 3 is 2.70 bits per heavy atom. The topological polar surface area (TPSA) is 77.7 Å². The normalized spacial score (nSPS) is 10.5. The summed E-state index contributed by atoms with van der Waals surface area (Å²) in [6.07, 6.45) is 0. The summed E-state index contributed by atoms with van der Waals surface area (Å²) in [7, 11) is 4.78. The molecule has 0 aliphatic carbocycles. The Morgan fingerprint density at radius 1 is 1.19 bits per heavy atom. The number of aromatic nitrogens is 2. The second-order valence-corrected chi connectivity index (χ2v) is 6.19. The van der Waals surface area contributed by atoms with Gasteiger partial charge in [-0.2, -0.15) is 4.98 Å². The van der Waals surface area contributed by atoms with Crippen LogP contribution in [-0.2, 0) is 6.54 Å². The fourth-order valence-electron chi connectivity index (χ4n) is 2.53. The van der Waals surface area contributed by atoms with Crippen molar-refractivity contribution in [2.75, 3.05) is 21.3 Å². The van der Waals surface area contributed by atoms with E-state index in [0.717, 1.165) is 0 Å². The molecule has 3 rings (SSSR count).